The summed E-state index contributed by atoms with van der Waals surface area (Å²) in [6, 6.07) is 21.0. The molecule has 0 fully saturated rings. The summed E-state index contributed by atoms with van der Waals surface area (Å²) in [6.45, 7) is 2.42. The quantitative estimate of drug-likeness (QED) is 0.465. The molecule has 1 heterocycles. The van der Waals surface area contributed by atoms with Crippen LogP contribution < -0.4 is 15.6 Å². The van der Waals surface area contributed by atoms with Gasteiger partial charge >= 0.3 is 0 Å². The van der Waals surface area contributed by atoms with Crippen molar-refractivity contribution in [1.82, 2.24) is 15.8 Å². The van der Waals surface area contributed by atoms with Gasteiger partial charge in [-0.05, 0) is 42.3 Å². The monoisotopic (exact) mass is 374 g/mol. The van der Waals surface area contributed by atoms with Gasteiger partial charge in [-0.25, -0.2) is 5.43 Å². The maximum absolute atomic E-state index is 12.0. The number of hydrogen-bond acceptors (Lipinski definition) is 5. The lowest BCUT2D eigenvalue weighted by atomic mass is 10.1. The van der Waals surface area contributed by atoms with Crippen molar-refractivity contribution in [3.8, 4) is 5.75 Å². The Labute approximate surface area is 164 Å². The van der Waals surface area contributed by atoms with E-state index in [1.807, 2.05) is 67.6 Å². The lowest BCUT2D eigenvalue weighted by Gasteiger charge is -2.13. The van der Waals surface area contributed by atoms with Crippen molar-refractivity contribution in [1.29, 1.82) is 0 Å². The highest BCUT2D eigenvalue weighted by Crippen LogP contribution is 2.20. The molecule has 0 aliphatic rings. The van der Waals surface area contributed by atoms with Gasteiger partial charge in [0.05, 0.1) is 11.9 Å². The van der Waals surface area contributed by atoms with Gasteiger partial charge in [0.2, 0.25) is 0 Å². The van der Waals surface area contributed by atoms with E-state index < -0.39 is 0 Å². The average molecular weight is 374 g/mol. The number of aliphatic imine (C=N–C) groups is 1. The molecule has 3 aromatic rings. The maximum Gasteiger partial charge on any atom is 0.276 e. The molecule has 1 unspecified atom stereocenters. The molecule has 142 valence electrons. The van der Waals surface area contributed by atoms with Crippen molar-refractivity contribution in [3.05, 3.63) is 90.3 Å². The summed E-state index contributed by atoms with van der Waals surface area (Å²) in [5, 5.41) is 0. The van der Waals surface area contributed by atoms with E-state index in [2.05, 4.69) is 20.8 Å². The van der Waals surface area contributed by atoms with Crippen molar-refractivity contribution >= 4 is 17.8 Å². The number of hydrazine groups is 1. The first kappa shape index (κ1) is 19.3. The third-order valence-electron chi connectivity index (χ3n) is 4.01. The number of nitrogens with one attached hydrogen (secondary N) is 2. The summed E-state index contributed by atoms with van der Waals surface area (Å²) >= 11 is 0. The number of pyridine rings is 1. The predicted molar refractivity (Wildman–Crippen MR) is 109 cm³/mol. The summed E-state index contributed by atoms with van der Waals surface area (Å²) < 4.78 is 5.78. The van der Waals surface area contributed by atoms with Crippen LogP contribution >= 0.6 is 0 Å². The minimum atomic E-state index is -0.337. The molecular weight excluding hydrogens is 352 g/mol. The lowest BCUT2D eigenvalue weighted by molar-refractivity contribution is -0.115. The van der Waals surface area contributed by atoms with Crippen LogP contribution in [0.2, 0.25) is 0 Å². The van der Waals surface area contributed by atoms with E-state index in [4.69, 9.17) is 4.74 Å². The molecule has 0 radical (unpaired) electrons. The van der Waals surface area contributed by atoms with E-state index in [-0.39, 0.29) is 11.9 Å². The zero-order chi connectivity index (χ0) is 19.6. The van der Waals surface area contributed by atoms with Crippen LogP contribution in [0.15, 0.2) is 84.1 Å². The van der Waals surface area contributed by atoms with Gasteiger partial charge in [-0.15, -0.1) is 0 Å². The summed E-state index contributed by atoms with van der Waals surface area (Å²) in [6.07, 6.45) is 4.66. The summed E-state index contributed by atoms with van der Waals surface area (Å²) in [4.78, 5) is 20.2. The minimum Gasteiger partial charge on any atom is -0.489 e. The molecule has 2 N–H and O–H groups in total. The zero-order valence-corrected chi connectivity index (χ0v) is 15.6. The summed E-state index contributed by atoms with van der Waals surface area (Å²) in [5.41, 5.74) is 8.32. The second kappa shape index (κ2) is 9.99. The molecular formula is C22H22N4O2. The molecule has 1 aromatic heterocycles. The Balaban J connectivity index is 1.50. The smallest absolute Gasteiger partial charge is 0.276 e. The summed E-state index contributed by atoms with van der Waals surface area (Å²) in [5.74, 6) is 0.361. The highest BCUT2D eigenvalue weighted by Gasteiger charge is 2.05. The van der Waals surface area contributed by atoms with Gasteiger partial charge in [-0.2, -0.15) is 0 Å². The second-order valence-electron chi connectivity index (χ2n) is 6.17. The molecule has 3 rings (SSSR count). The molecule has 0 aliphatic heterocycles. The van der Waals surface area contributed by atoms with E-state index in [9.17, 15) is 4.79 Å². The van der Waals surface area contributed by atoms with Crippen LogP contribution in [0, 0.1) is 0 Å². The van der Waals surface area contributed by atoms with Gasteiger partial charge in [-0.1, -0.05) is 36.4 Å². The number of ether oxygens (including phenoxy) is 1. The first-order valence-electron chi connectivity index (χ1n) is 8.97. The van der Waals surface area contributed by atoms with Crippen molar-refractivity contribution in [2.24, 2.45) is 4.99 Å². The number of carbonyl (C=O) groups is 1. The molecule has 0 saturated heterocycles. The molecule has 0 bridgehead atoms. The Morgan fingerprint density at radius 1 is 1.11 bits per heavy atom. The van der Waals surface area contributed by atoms with Gasteiger partial charge < -0.3 is 4.74 Å². The molecule has 0 saturated carbocycles. The molecule has 0 aliphatic carbocycles. The van der Waals surface area contributed by atoms with E-state index in [1.54, 1.807) is 18.5 Å². The van der Waals surface area contributed by atoms with Crippen molar-refractivity contribution in [2.75, 3.05) is 0 Å². The Morgan fingerprint density at radius 3 is 2.68 bits per heavy atom. The normalized spacial score (nSPS) is 11.9. The number of amides is 1. The highest BCUT2D eigenvalue weighted by molar-refractivity contribution is 6.26. The standard InChI is InChI=1S/C22H22N4O2/c1-17(19-10-12-23-13-11-19)25-26-22(27)15-24-20-8-5-9-21(14-20)28-16-18-6-3-2-4-7-18/h2-15,17,25H,16H2,1H3,(H,26,27). The zero-order valence-electron chi connectivity index (χ0n) is 15.6. The maximum atomic E-state index is 12.0. The third-order valence-corrected chi connectivity index (χ3v) is 4.01. The van der Waals surface area contributed by atoms with E-state index in [0.717, 1.165) is 11.1 Å². The molecule has 2 aromatic carbocycles. The number of aromatic nitrogens is 1. The van der Waals surface area contributed by atoms with Crippen LogP contribution in [0.3, 0.4) is 0 Å². The number of nitrogens with zero attached hydrogens (tertiary/aromatic N) is 2. The molecule has 6 heteroatoms. The number of carbonyl (C=O) groups excluding carboxylic acids is 1. The topological polar surface area (TPSA) is 75.6 Å². The van der Waals surface area contributed by atoms with E-state index >= 15 is 0 Å². The van der Waals surface area contributed by atoms with Crippen molar-refractivity contribution in [2.45, 2.75) is 19.6 Å². The van der Waals surface area contributed by atoms with Crippen LogP contribution in [0.5, 0.6) is 5.75 Å². The molecule has 0 spiro atoms. The number of rotatable bonds is 8. The van der Waals surface area contributed by atoms with Gasteiger partial charge in [0.25, 0.3) is 5.91 Å². The third kappa shape index (κ3) is 6.03. The Bertz CT molecular complexity index is 914. The fraction of sp³-hybridized carbons (Fsp3) is 0.136. The molecule has 28 heavy (non-hydrogen) atoms. The number of benzene rings is 2. The lowest BCUT2D eigenvalue weighted by Crippen LogP contribution is -2.39. The van der Waals surface area contributed by atoms with Crippen LogP contribution in [-0.2, 0) is 11.4 Å². The Kier molecular flexibility index (Phi) is 6.87. The first-order chi connectivity index (χ1) is 13.7. The SMILES string of the molecule is CC(NNC(=O)C=Nc1cccc(OCc2ccccc2)c1)c1ccncc1. The predicted octanol–water partition coefficient (Wildman–Crippen LogP) is 3.74. The number of hydrogen-bond donors (Lipinski definition) is 2. The molecule has 1 amide bonds. The van der Waals surface area contributed by atoms with Crippen LogP contribution in [0.4, 0.5) is 5.69 Å². The average Bonchev–Trinajstić information content (AvgIpc) is 2.76. The second-order valence-corrected chi connectivity index (χ2v) is 6.17. The first-order valence-corrected chi connectivity index (χ1v) is 8.97. The summed E-state index contributed by atoms with van der Waals surface area (Å²) in [7, 11) is 0. The van der Waals surface area contributed by atoms with Crippen LogP contribution in [-0.4, -0.2) is 17.1 Å². The van der Waals surface area contributed by atoms with Crippen molar-refractivity contribution in [3.63, 3.8) is 0 Å². The van der Waals surface area contributed by atoms with Crippen LogP contribution in [0.25, 0.3) is 0 Å². The van der Waals surface area contributed by atoms with Crippen molar-refractivity contribution < 1.29 is 9.53 Å². The van der Waals surface area contributed by atoms with Crippen LogP contribution in [0.1, 0.15) is 24.1 Å². The highest BCUT2D eigenvalue weighted by atomic mass is 16.5. The molecule has 1 atom stereocenters. The largest absolute Gasteiger partial charge is 0.489 e. The minimum absolute atomic E-state index is 0.0462. The molecule has 6 nitrogen and oxygen atoms in total. The van der Waals surface area contributed by atoms with E-state index in [0.29, 0.717) is 18.0 Å². The van der Waals surface area contributed by atoms with Gasteiger partial charge in [0.15, 0.2) is 0 Å². The van der Waals surface area contributed by atoms with Gasteiger partial charge in [0, 0.05) is 24.5 Å². The Hall–Kier alpha value is -3.51. The Morgan fingerprint density at radius 2 is 1.89 bits per heavy atom. The van der Waals surface area contributed by atoms with Gasteiger partial charge in [0.1, 0.15) is 12.4 Å². The van der Waals surface area contributed by atoms with Gasteiger partial charge in [-0.3, -0.25) is 20.2 Å². The van der Waals surface area contributed by atoms with E-state index in [1.165, 1.54) is 6.21 Å². The fourth-order valence-corrected chi connectivity index (χ4v) is 2.47. The fourth-order valence-electron chi connectivity index (χ4n) is 2.47.